The summed E-state index contributed by atoms with van der Waals surface area (Å²) in [5.41, 5.74) is 2.25. The van der Waals surface area contributed by atoms with E-state index in [-0.39, 0.29) is 6.61 Å². The van der Waals surface area contributed by atoms with Crippen molar-refractivity contribution < 1.29 is 19.1 Å². The van der Waals surface area contributed by atoms with Crippen LogP contribution in [0.3, 0.4) is 0 Å². The molecular formula is C20H20ClN3O4. The number of halogens is 1. The number of rotatable bonds is 7. The van der Waals surface area contributed by atoms with Crippen LogP contribution in [0.4, 0.5) is 4.79 Å². The molecule has 1 saturated heterocycles. The number of imide groups is 1. The van der Waals surface area contributed by atoms with Gasteiger partial charge in [0.1, 0.15) is 11.3 Å². The van der Waals surface area contributed by atoms with E-state index in [1.54, 1.807) is 31.2 Å². The minimum atomic E-state index is -1.09. The van der Waals surface area contributed by atoms with Crippen LogP contribution in [0.5, 0.6) is 5.75 Å². The smallest absolute Gasteiger partial charge is 0.344 e. The fourth-order valence-electron chi connectivity index (χ4n) is 2.86. The van der Waals surface area contributed by atoms with Crippen molar-refractivity contribution in [2.75, 3.05) is 6.61 Å². The molecule has 4 amide bonds. The van der Waals surface area contributed by atoms with Gasteiger partial charge in [-0.1, -0.05) is 54.1 Å². The third-order valence-electron chi connectivity index (χ3n) is 4.45. The number of nitrogens with zero attached hydrogens (tertiary/aromatic N) is 1. The van der Waals surface area contributed by atoms with E-state index in [2.05, 4.69) is 10.7 Å². The monoisotopic (exact) mass is 401 g/mol. The van der Waals surface area contributed by atoms with Crippen LogP contribution in [0.15, 0.2) is 54.6 Å². The molecule has 3 rings (SSSR count). The van der Waals surface area contributed by atoms with Gasteiger partial charge in [0, 0.05) is 0 Å². The van der Waals surface area contributed by atoms with Gasteiger partial charge in [-0.25, -0.2) is 4.79 Å². The Morgan fingerprint density at radius 1 is 1.14 bits per heavy atom. The Kier molecular flexibility index (Phi) is 5.84. The van der Waals surface area contributed by atoms with E-state index in [0.717, 1.165) is 5.56 Å². The van der Waals surface area contributed by atoms with Gasteiger partial charge in [0.25, 0.3) is 11.8 Å². The average molecular weight is 402 g/mol. The summed E-state index contributed by atoms with van der Waals surface area (Å²) in [5.74, 6) is -0.820. The lowest BCUT2D eigenvalue weighted by atomic mass is 9.93. The van der Waals surface area contributed by atoms with Crippen molar-refractivity contribution >= 4 is 29.4 Å². The molecule has 0 unspecified atom stereocenters. The van der Waals surface area contributed by atoms with Crippen molar-refractivity contribution in [3.05, 3.63) is 65.2 Å². The van der Waals surface area contributed by atoms with Gasteiger partial charge in [0.15, 0.2) is 6.61 Å². The maximum Gasteiger partial charge on any atom is 0.344 e. The highest BCUT2D eigenvalue weighted by Gasteiger charge is 2.48. The summed E-state index contributed by atoms with van der Waals surface area (Å²) in [5, 5.41) is 3.71. The van der Waals surface area contributed by atoms with Crippen molar-refractivity contribution in [2.45, 2.75) is 25.3 Å². The van der Waals surface area contributed by atoms with Crippen molar-refractivity contribution in [2.24, 2.45) is 0 Å². The third-order valence-corrected chi connectivity index (χ3v) is 4.76. The number of amides is 4. The number of carbonyl (C=O) groups is 3. The van der Waals surface area contributed by atoms with Gasteiger partial charge in [0.05, 0.1) is 5.02 Å². The molecule has 28 heavy (non-hydrogen) atoms. The first-order valence-electron chi connectivity index (χ1n) is 8.76. The lowest BCUT2D eigenvalue weighted by molar-refractivity contribution is -0.139. The predicted octanol–water partition coefficient (Wildman–Crippen LogP) is 2.69. The SMILES string of the molecule is C[C@]1(CCc2ccccc2)NC(=O)N(NC(=O)COc2ccccc2Cl)C1=O. The van der Waals surface area contributed by atoms with E-state index in [1.165, 1.54) is 0 Å². The molecule has 1 aliphatic rings. The van der Waals surface area contributed by atoms with Crippen molar-refractivity contribution in [1.82, 2.24) is 15.8 Å². The van der Waals surface area contributed by atoms with Crippen LogP contribution in [-0.2, 0) is 16.0 Å². The number of para-hydroxylation sites is 1. The van der Waals surface area contributed by atoms with Crippen molar-refractivity contribution in [1.29, 1.82) is 0 Å². The zero-order chi connectivity index (χ0) is 20.1. The van der Waals surface area contributed by atoms with Gasteiger partial charge in [-0.2, -0.15) is 5.01 Å². The summed E-state index contributed by atoms with van der Waals surface area (Å²) in [7, 11) is 0. The van der Waals surface area contributed by atoms with Crippen LogP contribution in [0.2, 0.25) is 5.02 Å². The first-order valence-corrected chi connectivity index (χ1v) is 9.14. The molecule has 0 saturated carbocycles. The summed E-state index contributed by atoms with van der Waals surface area (Å²) in [6.45, 7) is 1.25. The molecule has 0 spiro atoms. The van der Waals surface area contributed by atoms with E-state index in [1.807, 2.05) is 30.3 Å². The largest absolute Gasteiger partial charge is 0.482 e. The summed E-state index contributed by atoms with van der Waals surface area (Å²) in [4.78, 5) is 37.0. The van der Waals surface area contributed by atoms with Gasteiger partial charge in [0.2, 0.25) is 0 Å². The van der Waals surface area contributed by atoms with E-state index in [4.69, 9.17) is 16.3 Å². The molecule has 8 heteroatoms. The molecule has 146 valence electrons. The molecule has 1 fully saturated rings. The van der Waals surface area contributed by atoms with Gasteiger partial charge >= 0.3 is 6.03 Å². The zero-order valence-corrected chi connectivity index (χ0v) is 16.0. The fourth-order valence-corrected chi connectivity index (χ4v) is 3.05. The van der Waals surface area contributed by atoms with Crippen LogP contribution in [0.25, 0.3) is 0 Å². The van der Waals surface area contributed by atoms with E-state index in [9.17, 15) is 14.4 Å². The quantitative estimate of drug-likeness (QED) is 0.698. The lowest BCUT2D eigenvalue weighted by Gasteiger charge is -2.21. The minimum absolute atomic E-state index is 0.337. The Hall–Kier alpha value is -3.06. The molecule has 1 atom stereocenters. The van der Waals surface area contributed by atoms with E-state index in [0.29, 0.717) is 28.6 Å². The Balaban J connectivity index is 1.57. The lowest BCUT2D eigenvalue weighted by Crippen LogP contribution is -2.50. The Labute approximate surface area is 167 Å². The first-order chi connectivity index (χ1) is 13.4. The molecule has 2 N–H and O–H groups in total. The van der Waals surface area contributed by atoms with E-state index < -0.39 is 23.4 Å². The Bertz CT molecular complexity index is 890. The predicted molar refractivity (Wildman–Crippen MR) is 104 cm³/mol. The maximum absolute atomic E-state index is 12.7. The van der Waals surface area contributed by atoms with Crippen molar-refractivity contribution in [3.63, 3.8) is 0 Å². The molecule has 0 bridgehead atoms. The number of urea groups is 1. The van der Waals surface area contributed by atoms with E-state index >= 15 is 0 Å². The minimum Gasteiger partial charge on any atom is -0.482 e. The summed E-state index contributed by atoms with van der Waals surface area (Å²) >= 11 is 5.96. The molecule has 2 aromatic rings. The molecule has 0 aromatic heterocycles. The number of ether oxygens (including phenoxy) is 1. The standard InChI is InChI=1S/C20H20ClN3O4/c1-20(12-11-14-7-3-2-4-8-14)18(26)24(19(27)22-20)23-17(25)13-28-16-10-6-5-9-15(16)21/h2-10H,11-13H2,1H3,(H,22,27)(H,23,25)/t20-/m1/s1. The molecule has 0 aliphatic carbocycles. The second-order valence-electron chi connectivity index (χ2n) is 6.64. The molecular weight excluding hydrogens is 382 g/mol. The summed E-state index contributed by atoms with van der Waals surface area (Å²) < 4.78 is 5.32. The topological polar surface area (TPSA) is 87.7 Å². The number of nitrogens with one attached hydrogen (secondary N) is 2. The second-order valence-corrected chi connectivity index (χ2v) is 7.05. The molecule has 1 aliphatic heterocycles. The average Bonchev–Trinajstić information content (AvgIpc) is 2.90. The van der Waals surface area contributed by atoms with Crippen LogP contribution >= 0.6 is 11.6 Å². The third kappa shape index (κ3) is 4.43. The van der Waals surface area contributed by atoms with Gasteiger partial charge < -0.3 is 10.1 Å². The highest BCUT2D eigenvalue weighted by atomic mass is 35.5. The molecule has 2 aromatic carbocycles. The normalized spacial score (nSPS) is 18.7. The molecule has 7 nitrogen and oxygen atoms in total. The highest BCUT2D eigenvalue weighted by Crippen LogP contribution is 2.24. The molecule has 1 heterocycles. The molecule has 0 radical (unpaired) electrons. The number of hydrogen-bond acceptors (Lipinski definition) is 4. The number of carbonyl (C=O) groups excluding carboxylic acids is 3. The number of hydrazine groups is 1. The fraction of sp³-hybridized carbons (Fsp3) is 0.250. The second kappa shape index (κ2) is 8.31. The van der Waals surface area contributed by atoms with Gasteiger partial charge in [-0.15, -0.1) is 0 Å². The van der Waals surface area contributed by atoms with Crippen LogP contribution < -0.4 is 15.5 Å². The number of hydrogen-bond donors (Lipinski definition) is 2. The highest BCUT2D eigenvalue weighted by molar-refractivity contribution is 6.32. The zero-order valence-electron chi connectivity index (χ0n) is 15.3. The Morgan fingerprint density at radius 2 is 1.82 bits per heavy atom. The van der Waals surface area contributed by atoms with Crippen LogP contribution in [-0.4, -0.2) is 35.0 Å². The number of aryl methyl sites for hydroxylation is 1. The summed E-state index contributed by atoms with van der Waals surface area (Å²) in [6.07, 6.45) is 1.02. The Morgan fingerprint density at radius 3 is 2.54 bits per heavy atom. The van der Waals surface area contributed by atoms with Crippen molar-refractivity contribution in [3.8, 4) is 5.75 Å². The summed E-state index contributed by atoms with van der Waals surface area (Å²) in [6, 6.07) is 15.7. The number of benzene rings is 2. The van der Waals surface area contributed by atoms with Gasteiger partial charge in [-0.05, 0) is 37.5 Å². The van der Waals surface area contributed by atoms with Crippen LogP contribution in [0, 0.1) is 0 Å². The maximum atomic E-state index is 12.7. The first kappa shape index (κ1) is 19.7. The van der Waals surface area contributed by atoms with Crippen LogP contribution in [0.1, 0.15) is 18.9 Å². The van der Waals surface area contributed by atoms with Gasteiger partial charge in [-0.3, -0.25) is 15.0 Å².